The molecule has 0 amide bonds. The lowest BCUT2D eigenvalue weighted by Gasteiger charge is -2.01. The number of carbonyl (C=O) groups is 1. The van der Waals surface area contributed by atoms with E-state index in [9.17, 15) is 13.6 Å². The normalized spacial score (nSPS) is 10.6. The Balaban J connectivity index is 2.78. The van der Waals surface area contributed by atoms with E-state index in [1.807, 2.05) is 0 Å². The SMILES string of the molecule is O=C(CCCl)c1ccc(C(F)F)cc1. The Morgan fingerprint density at radius 1 is 1.29 bits per heavy atom. The van der Waals surface area contributed by atoms with Gasteiger partial charge in [-0.25, -0.2) is 8.78 Å². The van der Waals surface area contributed by atoms with E-state index in [1.165, 1.54) is 24.3 Å². The van der Waals surface area contributed by atoms with Gasteiger partial charge in [0.1, 0.15) is 0 Å². The second-order valence-electron chi connectivity index (χ2n) is 2.78. The summed E-state index contributed by atoms with van der Waals surface area (Å²) in [6.45, 7) is 0. The van der Waals surface area contributed by atoms with Gasteiger partial charge in [-0.2, -0.15) is 0 Å². The van der Waals surface area contributed by atoms with Crippen molar-refractivity contribution in [2.75, 3.05) is 5.88 Å². The van der Waals surface area contributed by atoms with Crippen LogP contribution in [-0.4, -0.2) is 11.7 Å². The minimum Gasteiger partial charge on any atom is -0.294 e. The van der Waals surface area contributed by atoms with Crippen molar-refractivity contribution < 1.29 is 13.6 Å². The largest absolute Gasteiger partial charge is 0.294 e. The first-order chi connectivity index (χ1) is 6.65. The van der Waals surface area contributed by atoms with Crippen molar-refractivity contribution >= 4 is 17.4 Å². The number of ketones is 1. The number of alkyl halides is 3. The Morgan fingerprint density at radius 3 is 2.29 bits per heavy atom. The Labute approximate surface area is 85.7 Å². The van der Waals surface area contributed by atoms with Crippen molar-refractivity contribution in [3.63, 3.8) is 0 Å². The molecular weight excluding hydrogens is 210 g/mol. The van der Waals surface area contributed by atoms with E-state index in [1.54, 1.807) is 0 Å². The molecule has 0 unspecified atom stereocenters. The summed E-state index contributed by atoms with van der Waals surface area (Å²) in [5, 5.41) is 0. The predicted molar refractivity (Wildman–Crippen MR) is 51.1 cm³/mol. The summed E-state index contributed by atoms with van der Waals surface area (Å²) in [5.74, 6) is 0.121. The van der Waals surface area contributed by atoms with E-state index in [0.717, 1.165) is 0 Å². The highest BCUT2D eigenvalue weighted by Crippen LogP contribution is 2.19. The molecule has 1 nitrogen and oxygen atoms in total. The Hall–Kier alpha value is -0.960. The molecule has 0 aromatic heterocycles. The van der Waals surface area contributed by atoms with E-state index >= 15 is 0 Å². The van der Waals surface area contributed by atoms with E-state index in [-0.39, 0.29) is 23.6 Å². The second kappa shape index (κ2) is 5.05. The topological polar surface area (TPSA) is 17.1 Å². The molecular formula is C10H9ClF2O. The molecule has 0 heterocycles. The minimum absolute atomic E-state index is 0.0765. The van der Waals surface area contributed by atoms with Gasteiger partial charge in [-0.15, -0.1) is 11.6 Å². The van der Waals surface area contributed by atoms with Gasteiger partial charge < -0.3 is 0 Å². The summed E-state index contributed by atoms with van der Waals surface area (Å²) in [7, 11) is 0. The number of hydrogen-bond donors (Lipinski definition) is 0. The highest BCUT2D eigenvalue weighted by Gasteiger charge is 2.08. The summed E-state index contributed by atoms with van der Waals surface area (Å²) < 4.78 is 24.3. The third-order valence-electron chi connectivity index (χ3n) is 1.81. The third kappa shape index (κ3) is 2.77. The fourth-order valence-corrected chi connectivity index (χ4v) is 1.22. The first-order valence-electron chi connectivity index (χ1n) is 4.12. The lowest BCUT2D eigenvalue weighted by molar-refractivity contribution is 0.0988. The first kappa shape index (κ1) is 11.1. The molecule has 0 N–H and O–H groups in total. The van der Waals surface area contributed by atoms with Gasteiger partial charge in [-0.05, 0) is 0 Å². The predicted octanol–water partition coefficient (Wildman–Crippen LogP) is 3.44. The van der Waals surface area contributed by atoms with Crippen LogP contribution >= 0.6 is 11.6 Å². The van der Waals surface area contributed by atoms with Crippen molar-refractivity contribution in [2.45, 2.75) is 12.8 Å². The van der Waals surface area contributed by atoms with Gasteiger partial charge in [0.25, 0.3) is 6.43 Å². The molecule has 4 heteroatoms. The van der Waals surface area contributed by atoms with Crippen molar-refractivity contribution in [2.24, 2.45) is 0 Å². The van der Waals surface area contributed by atoms with E-state index < -0.39 is 6.43 Å². The molecule has 0 spiro atoms. The Bertz CT molecular complexity index is 308. The molecule has 0 atom stereocenters. The zero-order valence-electron chi connectivity index (χ0n) is 7.34. The molecule has 0 fully saturated rings. The van der Waals surface area contributed by atoms with Crippen LogP contribution in [0.1, 0.15) is 28.8 Å². The monoisotopic (exact) mass is 218 g/mol. The standard InChI is InChI=1S/C10H9ClF2O/c11-6-5-9(14)7-1-3-8(4-2-7)10(12)13/h1-4,10H,5-6H2. The maximum atomic E-state index is 12.1. The van der Waals surface area contributed by atoms with Gasteiger partial charge in [0, 0.05) is 23.4 Å². The highest BCUT2D eigenvalue weighted by atomic mass is 35.5. The summed E-state index contributed by atoms with van der Waals surface area (Å²) in [6.07, 6.45) is -2.26. The molecule has 0 saturated heterocycles. The van der Waals surface area contributed by atoms with Crippen LogP contribution < -0.4 is 0 Å². The van der Waals surface area contributed by atoms with Crippen LogP contribution in [0.3, 0.4) is 0 Å². The lowest BCUT2D eigenvalue weighted by Crippen LogP contribution is -1.99. The maximum absolute atomic E-state index is 12.1. The first-order valence-corrected chi connectivity index (χ1v) is 4.66. The van der Waals surface area contributed by atoms with Crippen molar-refractivity contribution in [3.8, 4) is 0 Å². The molecule has 1 aromatic rings. The zero-order chi connectivity index (χ0) is 10.6. The fraction of sp³-hybridized carbons (Fsp3) is 0.300. The van der Waals surface area contributed by atoms with Crippen LogP contribution in [0.4, 0.5) is 8.78 Å². The molecule has 76 valence electrons. The van der Waals surface area contributed by atoms with E-state index in [2.05, 4.69) is 0 Å². The van der Waals surface area contributed by atoms with Gasteiger partial charge in [0.15, 0.2) is 5.78 Å². The van der Waals surface area contributed by atoms with Gasteiger partial charge in [-0.3, -0.25) is 4.79 Å². The highest BCUT2D eigenvalue weighted by molar-refractivity contribution is 6.19. The Morgan fingerprint density at radius 2 is 1.86 bits per heavy atom. The van der Waals surface area contributed by atoms with Crippen molar-refractivity contribution in [1.82, 2.24) is 0 Å². The minimum atomic E-state index is -2.49. The average molecular weight is 219 g/mol. The smallest absolute Gasteiger partial charge is 0.263 e. The molecule has 0 radical (unpaired) electrons. The summed E-state index contributed by atoms with van der Waals surface area (Å²) >= 11 is 5.39. The molecule has 1 rings (SSSR count). The summed E-state index contributed by atoms with van der Waals surface area (Å²) in [6, 6.07) is 5.31. The molecule has 0 bridgehead atoms. The lowest BCUT2D eigenvalue weighted by atomic mass is 10.1. The number of carbonyl (C=O) groups excluding carboxylic acids is 1. The van der Waals surface area contributed by atoms with Crippen LogP contribution in [0, 0.1) is 0 Å². The van der Waals surface area contributed by atoms with E-state index in [0.29, 0.717) is 5.56 Å². The number of Topliss-reactive ketones (excluding diaryl/α,β-unsaturated/α-hetero) is 1. The molecule has 0 aliphatic carbocycles. The van der Waals surface area contributed by atoms with Crippen molar-refractivity contribution in [1.29, 1.82) is 0 Å². The second-order valence-corrected chi connectivity index (χ2v) is 3.16. The van der Waals surface area contributed by atoms with Crippen LogP contribution in [0.2, 0.25) is 0 Å². The third-order valence-corrected chi connectivity index (χ3v) is 2.00. The molecule has 0 aliphatic rings. The molecule has 14 heavy (non-hydrogen) atoms. The number of benzene rings is 1. The summed E-state index contributed by atoms with van der Waals surface area (Å²) in [4.78, 5) is 11.3. The van der Waals surface area contributed by atoms with Gasteiger partial charge in [0.05, 0.1) is 0 Å². The molecule has 0 aliphatic heterocycles. The van der Waals surface area contributed by atoms with Crippen LogP contribution in [0.25, 0.3) is 0 Å². The van der Waals surface area contributed by atoms with Gasteiger partial charge in [0.2, 0.25) is 0 Å². The van der Waals surface area contributed by atoms with Gasteiger partial charge >= 0.3 is 0 Å². The number of halogens is 3. The number of hydrogen-bond acceptors (Lipinski definition) is 1. The van der Waals surface area contributed by atoms with Crippen LogP contribution in [-0.2, 0) is 0 Å². The average Bonchev–Trinajstić information content (AvgIpc) is 2.18. The molecule has 0 saturated carbocycles. The van der Waals surface area contributed by atoms with Crippen LogP contribution in [0.15, 0.2) is 24.3 Å². The van der Waals surface area contributed by atoms with Crippen molar-refractivity contribution in [3.05, 3.63) is 35.4 Å². The van der Waals surface area contributed by atoms with Crippen LogP contribution in [0.5, 0.6) is 0 Å². The zero-order valence-corrected chi connectivity index (χ0v) is 8.10. The summed E-state index contributed by atoms with van der Waals surface area (Å²) in [5.41, 5.74) is 0.350. The quantitative estimate of drug-likeness (QED) is 0.559. The number of rotatable bonds is 4. The van der Waals surface area contributed by atoms with Gasteiger partial charge in [-0.1, -0.05) is 24.3 Å². The molecule has 1 aromatic carbocycles. The maximum Gasteiger partial charge on any atom is 0.263 e. The Kier molecular flexibility index (Phi) is 4.01. The fourth-order valence-electron chi connectivity index (χ4n) is 1.04. The van der Waals surface area contributed by atoms with E-state index in [4.69, 9.17) is 11.6 Å².